The normalized spacial score (nSPS) is 17.7. The van der Waals surface area contributed by atoms with Gasteiger partial charge in [0.15, 0.2) is 11.5 Å². The number of ether oxygens (including phenoxy) is 7. The van der Waals surface area contributed by atoms with Gasteiger partial charge in [-0.3, -0.25) is 29.2 Å². The number of aryl methyl sites for hydroxylation is 1. The van der Waals surface area contributed by atoms with Crippen LogP contribution in [-0.2, 0) is 37.0 Å². The van der Waals surface area contributed by atoms with Crippen LogP contribution in [-0.4, -0.2) is 136 Å². The van der Waals surface area contributed by atoms with E-state index in [1.54, 1.807) is 41.1 Å². The zero-order chi connectivity index (χ0) is 46.7. The highest BCUT2D eigenvalue weighted by molar-refractivity contribution is 6.04. The lowest BCUT2D eigenvalue weighted by atomic mass is 10.1. The van der Waals surface area contributed by atoms with Crippen molar-refractivity contribution in [1.29, 1.82) is 0 Å². The number of carbonyl (C=O) groups excluding carboxylic acids is 3. The third-order valence-corrected chi connectivity index (χ3v) is 11.5. The van der Waals surface area contributed by atoms with Crippen LogP contribution < -0.4 is 24.3 Å². The van der Waals surface area contributed by atoms with E-state index in [1.807, 2.05) is 37.4 Å². The number of hydrogen-bond donors (Lipinski definition) is 2. The molecule has 1 unspecified atom stereocenters. The van der Waals surface area contributed by atoms with E-state index in [1.165, 1.54) is 7.11 Å². The number of aliphatic imine (C=N–C) groups is 2. The number of nitrogens with one attached hydrogen (secondary N) is 1. The number of hydrogen-bond acceptors (Lipinski definition) is 13. The van der Waals surface area contributed by atoms with Gasteiger partial charge in [0, 0.05) is 43.7 Å². The quantitative estimate of drug-likeness (QED) is 0.0842. The summed E-state index contributed by atoms with van der Waals surface area (Å²) in [5.41, 5.74) is 6.36. The Morgan fingerprint density at radius 1 is 0.742 bits per heavy atom. The molecule has 350 valence electrons. The number of benzene rings is 3. The first-order valence-corrected chi connectivity index (χ1v) is 22.0. The van der Waals surface area contributed by atoms with Crippen LogP contribution in [0.2, 0.25) is 0 Å². The second kappa shape index (κ2) is 22.1. The summed E-state index contributed by atoms with van der Waals surface area (Å²) in [6.45, 7) is 14.5. The van der Waals surface area contributed by atoms with Crippen LogP contribution in [0.3, 0.4) is 0 Å². The number of methoxy groups -OCH3 is 1. The van der Waals surface area contributed by atoms with E-state index >= 15 is 0 Å². The number of fused-ring (bicyclic) bond motifs is 4. The average molecular weight is 908 g/mol. The second-order valence-electron chi connectivity index (χ2n) is 16.6. The lowest BCUT2D eigenvalue weighted by molar-refractivity contribution is -0.138. The molecule has 4 aliphatic heterocycles. The molecule has 0 spiro atoms. The zero-order valence-electron chi connectivity index (χ0n) is 37.7. The summed E-state index contributed by atoms with van der Waals surface area (Å²) in [7, 11) is 1.53. The summed E-state index contributed by atoms with van der Waals surface area (Å²) in [5, 5.41) is 11.6. The van der Waals surface area contributed by atoms with Gasteiger partial charge in [-0.1, -0.05) is 31.2 Å². The predicted molar refractivity (Wildman–Crippen MR) is 245 cm³/mol. The largest absolute Gasteiger partial charge is 0.493 e. The van der Waals surface area contributed by atoms with Crippen molar-refractivity contribution in [2.24, 2.45) is 9.98 Å². The summed E-state index contributed by atoms with van der Waals surface area (Å²) < 4.78 is 41.2. The number of aliphatic carboxylic acids is 1. The molecule has 2 fully saturated rings. The van der Waals surface area contributed by atoms with Crippen LogP contribution in [0.5, 0.6) is 23.0 Å². The van der Waals surface area contributed by atoms with E-state index in [4.69, 9.17) is 38.3 Å². The fraction of sp³-hybridized carbons (Fsp3) is 0.429. The molecule has 3 aromatic carbocycles. The molecule has 3 aromatic rings. The van der Waals surface area contributed by atoms with E-state index < -0.39 is 12.0 Å². The molecular formula is C49H57N5O12. The summed E-state index contributed by atoms with van der Waals surface area (Å²) in [6.07, 6.45) is 5.33. The van der Waals surface area contributed by atoms with Crippen LogP contribution in [0, 0.1) is 6.92 Å². The molecule has 2 N–H and O–H groups in total. The summed E-state index contributed by atoms with van der Waals surface area (Å²) >= 11 is 0. The molecule has 0 radical (unpaired) electrons. The second-order valence-corrected chi connectivity index (χ2v) is 16.6. The third-order valence-electron chi connectivity index (χ3n) is 11.5. The first-order valence-electron chi connectivity index (χ1n) is 22.0. The standard InChI is InChI=1S/C49H57N5O12/c1-6-35(19-47(56)57)52-46(55)29-63-10-9-61-7-8-62-11-12-64-38-17-33(27-65-43-21-41-39(15-32(43)4)48(58)53-25-30(2)13-36(53)23-50-41)16-34(18-38)28-66-45-22-42-40(20-44(45)60-5)49(59)54-26-31(3)14-37(54)24-51-42/h15-18,20-24,35-37H,2-3,6-14,19,25-29H2,1,4-5H3,(H,52,55)(H,56,57)/t35?,36-,37-/m0/s1. The maximum absolute atomic E-state index is 13.5. The molecule has 0 bridgehead atoms. The van der Waals surface area contributed by atoms with Crippen molar-refractivity contribution in [2.45, 2.75) is 70.9 Å². The molecule has 7 rings (SSSR count). The molecule has 0 saturated carbocycles. The summed E-state index contributed by atoms with van der Waals surface area (Å²) in [6, 6.07) is 12.0. The molecule has 4 heterocycles. The monoisotopic (exact) mass is 907 g/mol. The first kappa shape index (κ1) is 47.4. The fourth-order valence-electron chi connectivity index (χ4n) is 8.12. The Kier molecular flexibility index (Phi) is 15.9. The van der Waals surface area contributed by atoms with Gasteiger partial charge in [0.25, 0.3) is 11.8 Å². The van der Waals surface area contributed by atoms with E-state index in [9.17, 15) is 19.2 Å². The Balaban J connectivity index is 0.963. The summed E-state index contributed by atoms with van der Waals surface area (Å²) in [5.74, 6) is 0.405. The Labute approximate surface area is 384 Å². The van der Waals surface area contributed by atoms with Gasteiger partial charge < -0.3 is 53.4 Å². The number of amides is 3. The van der Waals surface area contributed by atoms with Crippen molar-refractivity contribution in [2.75, 3.05) is 66.4 Å². The molecule has 0 aliphatic carbocycles. The Hall–Kier alpha value is -6.56. The van der Waals surface area contributed by atoms with Gasteiger partial charge in [-0.15, -0.1) is 0 Å². The highest BCUT2D eigenvalue weighted by atomic mass is 16.6. The molecular weight excluding hydrogens is 851 g/mol. The molecule has 0 aromatic heterocycles. The highest BCUT2D eigenvalue weighted by Gasteiger charge is 2.35. The Bertz CT molecular complexity index is 2400. The van der Waals surface area contributed by atoms with Crippen molar-refractivity contribution in [3.63, 3.8) is 0 Å². The lowest BCUT2D eigenvalue weighted by Gasteiger charge is -2.20. The molecule has 4 aliphatic rings. The van der Waals surface area contributed by atoms with Crippen molar-refractivity contribution >= 4 is 47.5 Å². The molecule has 66 heavy (non-hydrogen) atoms. The maximum Gasteiger partial charge on any atom is 0.305 e. The topological polar surface area (TPSA) is 196 Å². The minimum atomic E-state index is -0.974. The van der Waals surface area contributed by atoms with Gasteiger partial charge in [0.1, 0.15) is 37.9 Å². The van der Waals surface area contributed by atoms with Gasteiger partial charge in [-0.2, -0.15) is 0 Å². The van der Waals surface area contributed by atoms with E-state index in [0.717, 1.165) is 27.8 Å². The average Bonchev–Trinajstić information content (AvgIpc) is 3.81. The minimum Gasteiger partial charge on any atom is -0.493 e. The predicted octanol–water partition coefficient (Wildman–Crippen LogP) is 5.93. The lowest BCUT2D eigenvalue weighted by Crippen LogP contribution is -2.38. The van der Waals surface area contributed by atoms with Crippen molar-refractivity contribution in [3.05, 3.63) is 94.6 Å². The Morgan fingerprint density at radius 3 is 1.86 bits per heavy atom. The maximum atomic E-state index is 13.5. The minimum absolute atomic E-state index is 0.0750. The molecule has 3 atom stereocenters. The van der Waals surface area contributed by atoms with Crippen LogP contribution in [0.4, 0.5) is 11.4 Å². The van der Waals surface area contributed by atoms with E-state index in [2.05, 4.69) is 28.5 Å². The van der Waals surface area contributed by atoms with Gasteiger partial charge in [0.05, 0.1) is 81.2 Å². The van der Waals surface area contributed by atoms with E-state index in [0.29, 0.717) is 91.1 Å². The highest BCUT2D eigenvalue weighted by Crippen LogP contribution is 2.39. The van der Waals surface area contributed by atoms with Gasteiger partial charge in [-0.25, -0.2) is 0 Å². The Morgan fingerprint density at radius 2 is 1.29 bits per heavy atom. The number of carboxylic acid groups (broad SMARTS) is 1. The van der Waals surface area contributed by atoms with Gasteiger partial charge in [-0.05, 0) is 73.2 Å². The molecule has 3 amide bonds. The van der Waals surface area contributed by atoms with Crippen molar-refractivity contribution in [3.8, 4) is 23.0 Å². The molecule has 2 saturated heterocycles. The van der Waals surface area contributed by atoms with Gasteiger partial charge in [0.2, 0.25) is 5.91 Å². The first-order chi connectivity index (χ1) is 31.9. The molecule has 17 heteroatoms. The zero-order valence-corrected chi connectivity index (χ0v) is 37.7. The number of carboxylic acids is 1. The van der Waals surface area contributed by atoms with E-state index in [-0.39, 0.29) is 82.5 Å². The van der Waals surface area contributed by atoms with Crippen molar-refractivity contribution in [1.82, 2.24) is 15.1 Å². The smallest absolute Gasteiger partial charge is 0.305 e. The van der Waals surface area contributed by atoms with Crippen LogP contribution >= 0.6 is 0 Å². The van der Waals surface area contributed by atoms with Crippen LogP contribution in [0.15, 0.2) is 76.8 Å². The van der Waals surface area contributed by atoms with Crippen molar-refractivity contribution < 1.29 is 57.4 Å². The number of nitrogens with zero attached hydrogens (tertiary/aromatic N) is 4. The molecule has 17 nitrogen and oxygen atoms in total. The number of carbonyl (C=O) groups is 4. The SMILES string of the molecule is C=C1C[C@H]2C=Nc3cc(OCc4cc(COc5cc6c(cc5OC)C(=O)N5CC(=C)C[C@H]5C=N6)cc(OCCOCCOCCOCC(=O)NC(CC)CC(=O)O)c4)c(C)cc3C(=O)N2C1. The summed E-state index contributed by atoms with van der Waals surface area (Å²) in [4.78, 5) is 62.9. The van der Waals surface area contributed by atoms with Crippen LogP contribution in [0.25, 0.3) is 0 Å². The fourth-order valence-corrected chi connectivity index (χ4v) is 8.12. The third kappa shape index (κ3) is 12.0. The number of rotatable bonds is 23. The van der Waals surface area contributed by atoms with Crippen LogP contribution in [0.1, 0.15) is 70.0 Å². The van der Waals surface area contributed by atoms with Gasteiger partial charge >= 0.3 is 5.97 Å².